The quantitative estimate of drug-likeness (QED) is 0.810. The van der Waals surface area contributed by atoms with Gasteiger partial charge in [0.1, 0.15) is 0 Å². The molecule has 1 unspecified atom stereocenters. The molecule has 0 heterocycles. The summed E-state index contributed by atoms with van der Waals surface area (Å²) in [6, 6.07) is 7.46. The van der Waals surface area contributed by atoms with Crippen molar-refractivity contribution in [2.24, 2.45) is 0 Å². The number of carbonyl (C=O) groups is 1. The zero-order valence-corrected chi connectivity index (χ0v) is 10.7. The van der Waals surface area contributed by atoms with Crippen LogP contribution in [0.4, 0.5) is 0 Å². The van der Waals surface area contributed by atoms with E-state index in [2.05, 4.69) is 5.32 Å². The Bertz CT molecular complexity index is 355. The fraction of sp³-hybridized carbons (Fsp3) is 0.417. The molecule has 16 heavy (non-hydrogen) atoms. The molecule has 0 saturated carbocycles. The molecule has 0 aromatic heterocycles. The molecule has 88 valence electrons. The minimum Gasteiger partial charge on any atom is -0.353 e. The van der Waals surface area contributed by atoms with Gasteiger partial charge in [-0.05, 0) is 25.0 Å². The highest BCUT2D eigenvalue weighted by Crippen LogP contribution is 2.15. The van der Waals surface area contributed by atoms with Gasteiger partial charge in [-0.3, -0.25) is 4.79 Å². The second-order valence-corrected chi connectivity index (χ2v) is 4.50. The average molecular weight is 260 g/mol. The third-order valence-corrected chi connectivity index (χ3v) is 2.85. The molecule has 1 aromatic carbocycles. The lowest BCUT2D eigenvalue weighted by atomic mass is 10.1. The number of halogens is 2. The van der Waals surface area contributed by atoms with E-state index >= 15 is 0 Å². The van der Waals surface area contributed by atoms with Crippen LogP contribution in [0.1, 0.15) is 18.9 Å². The van der Waals surface area contributed by atoms with Crippen LogP contribution in [0.2, 0.25) is 5.02 Å². The first kappa shape index (κ1) is 13.3. The molecule has 0 radical (unpaired) electrons. The third kappa shape index (κ3) is 4.42. The summed E-state index contributed by atoms with van der Waals surface area (Å²) in [7, 11) is 0. The second kappa shape index (κ2) is 6.77. The number of benzene rings is 1. The van der Waals surface area contributed by atoms with Crippen LogP contribution in [0.25, 0.3) is 0 Å². The molecule has 0 fully saturated rings. The van der Waals surface area contributed by atoms with Crippen molar-refractivity contribution in [2.45, 2.75) is 25.8 Å². The van der Waals surface area contributed by atoms with Gasteiger partial charge in [-0.25, -0.2) is 0 Å². The highest BCUT2D eigenvalue weighted by Gasteiger charge is 2.09. The lowest BCUT2D eigenvalue weighted by Crippen LogP contribution is -2.33. The van der Waals surface area contributed by atoms with Crippen LogP contribution in [-0.2, 0) is 11.2 Å². The van der Waals surface area contributed by atoms with Gasteiger partial charge in [0.15, 0.2) is 0 Å². The standard InChI is InChI=1S/C12H15Cl2NO/c1-9(6-7-13)15-12(16)8-10-4-2-3-5-11(10)14/h2-5,9H,6-8H2,1H3,(H,15,16). The molecular formula is C12H15Cl2NO. The molecule has 0 aliphatic heterocycles. The van der Waals surface area contributed by atoms with E-state index in [-0.39, 0.29) is 11.9 Å². The van der Waals surface area contributed by atoms with Crippen LogP contribution >= 0.6 is 23.2 Å². The van der Waals surface area contributed by atoms with Crippen molar-refractivity contribution >= 4 is 29.1 Å². The minimum absolute atomic E-state index is 0.0225. The molecule has 1 amide bonds. The number of rotatable bonds is 5. The van der Waals surface area contributed by atoms with Crippen molar-refractivity contribution in [3.63, 3.8) is 0 Å². The average Bonchev–Trinajstić information content (AvgIpc) is 2.21. The van der Waals surface area contributed by atoms with Gasteiger partial charge in [0.2, 0.25) is 5.91 Å². The Morgan fingerprint density at radius 2 is 2.12 bits per heavy atom. The van der Waals surface area contributed by atoms with E-state index in [1.165, 1.54) is 0 Å². The van der Waals surface area contributed by atoms with Crippen LogP contribution in [-0.4, -0.2) is 17.8 Å². The lowest BCUT2D eigenvalue weighted by molar-refractivity contribution is -0.121. The minimum atomic E-state index is -0.0225. The van der Waals surface area contributed by atoms with Crippen molar-refractivity contribution in [1.29, 1.82) is 0 Å². The van der Waals surface area contributed by atoms with Gasteiger partial charge in [0, 0.05) is 16.9 Å². The van der Waals surface area contributed by atoms with Crippen molar-refractivity contribution in [3.8, 4) is 0 Å². The van der Waals surface area contributed by atoms with Crippen molar-refractivity contribution < 1.29 is 4.79 Å². The predicted molar refractivity (Wildman–Crippen MR) is 68.1 cm³/mol. The molecule has 1 N–H and O–H groups in total. The zero-order chi connectivity index (χ0) is 12.0. The maximum absolute atomic E-state index is 11.6. The van der Waals surface area contributed by atoms with Gasteiger partial charge < -0.3 is 5.32 Å². The third-order valence-electron chi connectivity index (χ3n) is 2.26. The summed E-state index contributed by atoms with van der Waals surface area (Å²) < 4.78 is 0. The lowest BCUT2D eigenvalue weighted by Gasteiger charge is -2.12. The van der Waals surface area contributed by atoms with E-state index in [1.807, 2.05) is 25.1 Å². The van der Waals surface area contributed by atoms with E-state index in [9.17, 15) is 4.79 Å². The molecular weight excluding hydrogens is 245 g/mol. The Kier molecular flexibility index (Phi) is 5.64. The molecule has 0 aliphatic rings. The summed E-state index contributed by atoms with van der Waals surface area (Å²) in [5.41, 5.74) is 0.847. The summed E-state index contributed by atoms with van der Waals surface area (Å²) in [5.74, 6) is 0.527. The van der Waals surface area contributed by atoms with E-state index < -0.39 is 0 Å². The highest BCUT2D eigenvalue weighted by atomic mass is 35.5. The molecule has 0 spiro atoms. The molecule has 1 aromatic rings. The summed E-state index contributed by atoms with van der Waals surface area (Å²) >= 11 is 11.6. The summed E-state index contributed by atoms with van der Waals surface area (Å²) in [6.07, 6.45) is 1.09. The number of alkyl halides is 1. The van der Waals surface area contributed by atoms with Crippen LogP contribution < -0.4 is 5.32 Å². The fourth-order valence-electron chi connectivity index (χ4n) is 1.38. The van der Waals surface area contributed by atoms with Crippen molar-refractivity contribution in [1.82, 2.24) is 5.32 Å². The normalized spacial score (nSPS) is 12.2. The Labute approximate surface area is 106 Å². The number of hydrogen-bond donors (Lipinski definition) is 1. The van der Waals surface area contributed by atoms with E-state index in [4.69, 9.17) is 23.2 Å². The van der Waals surface area contributed by atoms with Gasteiger partial charge in [-0.2, -0.15) is 0 Å². The van der Waals surface area contributed by atoms with E-state index in [0.717, 1.165) is 12.0 Å². The Morgan fingerprint density at radius 1 is 1.44 bits per heavy atom. The molecule has 0 aliphatic carbocycles. The van der Waals surface area contributed by atoms with Gasteiger partial charge in [0.25, 0.3) is 0 Å². The summed E-state index contributed by atoms with van der Waals surface area (Å²) in [4.78, 5) is 11.6. The van der Waals surface area contributed by atoms with E-state index in [1.54, 1.807) is 6.07 Å². The van der Waals surface area contributed by atoms with Gasteiger partial charge >= 0.3 is 0 Å². The first-order valence-corrected chi connectivity index (χ1v) is 6.13. The predicted octanol–water partition coefficient (Wildman–Crippen LogP) is 3.02. The molecule has 1 rings (SSSR count). The number of carbonyl (C=O) groups excluding carboxylic acids is 1. The summed E-state index contributed by atoms with van der Waals surface area (Å²) in [6.45, 7) is 1.94. The topological polar surface area (TPSA) is 29.1 Å². The van der Waals surface area contributed by atoms with Crippen LogP contribution in [0.3, 0.4) is 0 Å². The monoisotopic (exact) mass is 259 g/mol. The molecule has 2 nitrogen and oxygen atoms in total. The number of amides is 1. The SMILES string of the molecule is CC(CCCl)NC(=O)Cc1ccccc1Cl. The largest absolute Gasteiger partial charge is 0.353 e. The van der Waals surface area contributed by atoms with Gasteiger partial charge in [-0.15, -0.1) is 11.6 Å². The fourth-order valence-corrected chi connectivity index (χ4v) is 1.91. The maximum atomic E-state index is 11.6. The molecule has 0 saturated heterocycles. The van der Waals surface area contributed by atoms with Gasteiger partial charge in [0.05, 0.1) is 6.42 Å². The Balaban J connectivity index is 2.49. The van der Waals surface area contributed by atoms with Crippen LogP contribution in [0, 0.1) is 0 Å². The Morgan fingerprint density at radius 3 is 2.75 bits per heavy atom. The number of nitrogens with one attached hydrogen (secondary N) is 1. The van der Waals surface area contributed by atoms with E-state index in [0.29, 0.717) is 17.3 Å². The van der Waals surface area contributed by atoms with Crippen molar-refractivity contribution in [3.05, 3.63) is 34.9 Å². The molecule has 0 bridgehead atoms. The smallest absolute Gasteiger partial charge is 0.224 e. The number of hydrogen-bond acceptors (Lipinski definition) is 1. The Hall–Kier alpha value is -0.730. The van der Waals surface area contributed by atoms with Crippen LogP contribution in [0.5, 0.6) is 0 Å². The second-order valence-electron chi connectivity index (χ2n) is 3.71. The van der Waals surface area contributed by atoms with Gasteiger partial charge in [-0.1, -0.05) is 29.8 Å². The first-order chi connectivity index (χ1) is 7.63. The maximum Gasteiger partial charge on any atom is 0.224 e. The summed E-state index contributed by atoms with van der Waals surface area (Å²) in [5, 5.41) is 3.50. The molecule has 1 atom stereocenters. The highest BCUT2D eigenvalue weighted by molar-refractivity contribution is 6.31. The zero-order valence-electron chi connectivity index (χ0n) is 9.17. The van der Waals surface area contributed by atoms with Crippen LogP contribution in [0.15, 0.2) is 24.3 Å². The van der Waals surface area contributed by atoms with Crippen molar-refractivity contribution in [2.75, 3.05) is 5.88 Å². The first-order valence-electron chi connectivity index (χ1n) is 5.22. The molecule has 4 heteroatoms.